The third kappa shape index (κ3) is 8.71. The zero-order valence-corrected chi connectivity index (χ0v) is 29.5. The number of morpholine rings is 1. The zero-order valence-electron chi connectivity index (χ0n) is 28.0. The SMILES string of the molecule is CC1CN(C(=O)OC(C)(C)C)CCN1c1cc(OCCN2CCOCC2)c(-c2cnc(N)c(O[C@H](C)c3c(Cl)ccc(F)c3Cl)c2)cn1. The molecule has 260 valence electrons. The fourth-order valence-corrected chi connectivity index (χ4v) is 6.36. The summed E-state index contributed by atoms with van der Waals surface area (Å²) in [7, 11) is 0. The van der Waals surface area contributed by atoms with Crippen molar-refractivity contribution < 1.29 is 28.1 Å². The van der Waals surface area contributed by atoms with E-state index in [0.29, 0.717) is 61.9 Å². The number of piperazine rings is 1. The summed E-state index contributed by atoms with van der Waals surface area (Å²) in [5.74, 6) is 1.14. The van der Waals surface area contributed by atoms with Crippen molar-refractivity contribution >= 4 is 40.9 Å². The second kappa shape index (κ2) is 15.3. The first kappa shape index (κ1) is 35.7. The Hall–Kier alpha value is -3.58. The molecule has 2 aliphatic heterocycles. The Balaban J connectivity index is 1.40. The molecule has 2 aromatic heterocycles. The maximum absolute atomic E-state index is 14.3. The van der Waals surface area contributed by atoms with Crippen LogP contribution >= 0.6 is 23.2 Å². The van der Waals surface area contributed by atoms with Gasteiger partial charge < -0.3 is 34.5 Å². The van der Waals surface area contributed by atoms with Gasteiger partial charge in [0, 0.05) is 85.5 Å². The summed E-state index contributed by atoms with van der Waals surface area (Å²) in [6, 6.07) is 6.28. The average molecular weight is 706 g/mol. The van der Waals surface area contributed by atoms with Crippen LogP contribution in [0.25, 0.3) is 11.1 Å². The molecule has 1 aromatic carbocycles. The molecule has 2 N–H and O–H groups in total. The number of nitrogens with zero attached hydrogens (tertiary/aromatic N) is 5. The Kier molecular flexibility index (Phi) is 11.4. The number of pyridine rings is 2. The Morgan fingerprint density at radius 3 is 2.56 bits per heavy atom. The number of nitrogen functional groups attached to an aromatic ring is 1. The van der Waals surface area contributed by atoms with Gasteiger partial charge in [-0.2, -0.15) is 0 Å². The van der Waals surface area contributed by atoms with Gasteiger partial charge in [-0.25, -0.2) is 19.2 Å². The third-order valence-electron chi connectivity index (χ3n) is 8.18. The molecule has 3 aromatic rings. The minimum Gasteiger partial charge on any atom is -0.491 e. The third-order valence-corrected chi connectivity index (χ3v) is 8.89. The van der Waals surface area contributed by atoms with Crippen molar-refractivity contribution in [2.24, 2.45) is 0 Å². The van der Waals surface area contributed by atoms with Crippen LogP contribution in [-0.2, 0) is 9.47 Å². The van der Waals surface area contributed by atoms with Crippen molar-refractivity contribution in [3.05, 3.63) is 58.1 Å². The average Bonchev–Trinajstić information content (AvgIpc) is 3.04. The van der Waals surface area contributed by atoms with E-state index in [2.05, 4.69) is 21.7 Å². The van der Waals surface area contributed by atoms with Crippen molar-refractivity contribution in [1.29, 1.82) is 0 Å². The van der Waals surface area contributed by atoms with Crippen LogP contribution in [0.3, 0.4) is 0 Å². The van der Waals surface area contributed by atoms with Crippen molar-refractivity contribution in [2.45, 2.75) is 52.4 Å². The van der Waals surface area contributed by atoms with Crippen molar-refractivity contribution in [3.8, 4) is 22.6 Å². The summed E-state index contributed by atoms with van der Waals surface area (Å²) in [4.78, 5) is 28.1. The number of rotatable bonds is 9. The van der Waals surface area contributed by atoms with Crippen LogP contribution in [0.4, 0.5) is 20.8 Å². The number of nitrogens with two attached hydrogens (primary N) is 1. The van der Waals surface area contributed by atoms with Gasteiger partial charge in [0.25, 0.3) is 0 Å². The highest BCUT2D eigenvalue weighted by molar-refractivity contribution is 6.36. The van der Waals surface area contributed by atoms with E-state index >= 15 is 0 Å². The Morgan fingerprint density at radius 1 is 1.10 bits per heavy atom. The van der Waals surface area contributed by atoms with Crippen LogP contribution in [0, 0.1) is 5.82 Å². The number of hydrogen-bond acceptors (Lipinski definition) is 10. The molecule has 2 saturated heterocycles. The zero-order chi connectivity index (χ0) is 34.6. The van der Waals surface area contributed by atoms with E-state index in [0.717, 1.165) is 25.5 Å². The Labute approximate surface area is 291 Å². The summed E-state index contributed by atoms with van der Waals surface area (Å²) in [6.45, 7) is 15.2. The lowest BCUT2D eigenvalue weighted by molar-refractivity contribution is 0.0218. The summed E-state index contributed by atoms with van der Waals surface area (Å²) in [5, 5.41) is 0.156. The second-order valence-electron chi connectivity index (χ2n) is 12.9. The molecule has 48 heavy (non-hydrogen) atoms. The van der Waals surface area contributed by atoms with Crippen LogP contribution in [0.5, 0.6) is 11.5 Å². The second-order valence-corrected chi connectivity index (χ2v) is 13.7. The number of amides is 1. The number of aromatic nitrogens is 2. The molecule has 2 aliphatic rings. The lowest BCUT2D eigenvalue weighted by atomic mass is 10.1. The number of ether oxygens (including phenoxy) is 4. The predicted octanol–water partition coefficient (Wildman–Crippen LogP) is 6.47. The van der Waals surface area contributed by atoms with Gasteiger partial charge in [-0.05, 0) is 52.8 Å². The first-order chi connectivity index (χ1) is 22.8. The molecule has 4 heterocycles. The standard InChI is InChI=1S/C34H43Cl2FN6O5/c1-21-20-42(33(44)48-34(3,4)5)8-9-43(21)29-17-27(46-15-12-41-10-13-45-14-11-41)24(19-39-29)23-16-28(32(38)40-18-23)47-22(2)30-25(35)6-7-26(37)31(30)36/h6-7,16-19,21-22H,8-15,20H2,1-5H3,(H2,38,40)/t21?,22-/m1/s1. The van der Waals surface area contributed by atoms with Crippen LogP contribution in [0.1, 0.15) is 46.3 Å². The highest BCUT2D eigenvalue weighted by atomic mass is 35.5. The molecule has 5 rings (SSSR count). The molecule has 0 radical (unpaired) electrons. The number of halogens is 3. The van der Waals surface area contributed by atoms with Gasteiger partial charge in [-0.1, -0.05) is 23.2 Å². The fourth-order valence-electron chi connectivity index (χ4n) is 5.68. The summed E-state index contributed by atoms with van der Waals surface area (Å²) < 4.78 is 37.9. The molecule has 14 heteroatoms. The first-order valence-electron chi connectivity index (χ1n) is 16.0. The molecule has 0 saturated carbocycles. The number of carbonyl (C=O) groups excluding carboxylic acids is 1. The van der Waals surface area contributed by atoms with Gasteiger partial charge in [0.15, 0.2) is 11.6 Å². The Morgan fingerprint density at radius 2 is 1.85 bits per heavy atom. The van der Waals surface area contributed by atoms with E-state index in [1.54, 1.807) is 30.3 Å². The molecular formula is C34H43Cl2FN6O5. The molecule has 0 spiro atoms. The van der Waals surface area contributed by atoms with E-state index in [-0.39, 0.29) is 33.7 Å². The fraction of sp³-hybridized carbons (Fsp3) is 0.500. The largest absolute Gasteiger partial charge is 0.491 e. The molecule has 0 bridgehead atoms. The summed E-state index contributed by atoms with van der Waals surface area (Å²) in [6.07, 6.45) is 2.32. The van der Waals surface area contributed by atoms with Crippen LogP contribution in [-0.4, -0.2) is 96.6 Å². The maximum atomic E-state index is 14.3. The molecular weight excluding hydrogens is 662 g/mol. The lowest BCUT2D eigenvalue weighted by Crippen LogP contribution is -2.54. The van der Waals surface area contributed by atoms with E-state index in [9.17, 15) is 9.18 Å². The minimum absolute atomic E-state index is 0.0213. The number of anilines is 2. The van der Waals surface area contributed by atoms with Gasteiger partial charge in [0.2, 0.25) is 0 Å². The van der Waals surface area contributed by atoms with Gasteiger partial charge >= 0.3 is 6.09 Å². The number of carbonyl (C=O) groups is 1. The molecule has 1 unspecified atom stereocenters. The molecule has 2 fully saturated rings. The van der Waals surface area contributed by atoms with Gasteiger partial charge in [-0.15, -0.1) is 0 Å². The highest BCUT2D eigenvalue weighted by Crippen LogP contribution is 2.39. The molecule has 0 aliphatic carbocycles. The topological polar surface area (TPSA) is 116 Å². The van der Waals surface area contributed by atoms with Crippen LogP contribution in [0.15, 0.2) is 36.7 Å². The van der Waals surface area contributed by atoms with E-state index in [4.69, 9.17) is 52.9 Å². The predicted molar refractivity (Wildman–Crippen MR) is 185 cm³/mol. The van der Waals surface area contributed by atoms with Crippen molar-refractivity contribution in [3.63, 3.8) is 0 Å². The highest BCUT2D eigenvalue weighted by Gasteiger charge is 2.31. The smallest absolute Gasteiger partial charge is 0.410 e. The van der Waals surface area contributed by atoms with E-state index in [1.165, 1.54) is 12.1 Å². The Bertz CT molecular complexity index is 1600. The molecule has 2 atom stereocenters. The minimum atomic E-state index is -0.731. The van der Waals surface area contributed by atoms with Crippen LogP contribution < -0.4 is 20.1 Å². The van der Waals surface area contributed by atoms with Crippen molar-refractivity contribution in [1.82, 2.24) is 19.8 Å². The van der Waals surface area contributed by atoms with E-state index in [1.807, 2.05) is 26.8 Å². The quantitative estimate of drug-likeness (QED) is 0.249. The molecule has 11 nitrogen and oxygen atoms in total. The van der Waals surface area contributed by atoms with E-state index < -0.39 is 17.5 Å². The van der Waals surface area contributed by atoms with Crippen LogP contribution in [0.2, 0.25) is 10.0 Å². The van der Waals surface area contributed by atoms with Gasteiger partial charge in [0.1, 0.15) is 35.7 Å². The molecule has 1 amide bonds. The first-order valence-corrected chi connectivity index (χ1v) is 16.8. The summed E-state index contributed by atoms with van der Waals surface area (Å²) in [5.41, 5.74) is 7.31. The van der Waals surface area contributed by atoms with Crippen molar-refractivity contribution in [2.75, 3.05) is 69.7 Å². The number of benzene rings is 1. The monoisotopic (exact) mass is 704 g/mol. The van der Waals surface area contributed by atoms with Gasteiger partial charge in [-0.3, -0.25) is 4.90 Å². The van der Waals surface area contributed by atoms with Gasteiger partial charge in [0.05, 0.1) is 18.2 Å². The maximum Gasteiger partial charge on any atom is 0.410 e. The number of hydrogen-bond donors (Lipinski definition) is 1. The normalized spacial score (nSPS) is 18.0. The lowest BCUT2D eigenvalue weighted by Gasteiger charge is -2.40. The summed E-state index contributed by atoms with van der Waals surface area (Å²) >= 11 is 12.6.